The number of rotatable bonds is 6. The smallest absolute Gasteiger partial charge is 0.313 e. The highest BCUT2D eigenvalue weighted by Gasteiger charge is 2.24. The van der Waals surface area contributed by atoms with Crippen LogP contribution in [-0.2, 0) is 20.8 Å². The number of benzene rings is 1. The largest absolute Gasteiger partial charge is 0.481 e. The molecule has 1 saturated heterocycles. The van der Waals surface area contributed by atoms with Crippen molar-refractivity contribution >= 4 is 29.5 Å². The zero-order valence-corrected chi connectivity index (χ0v) is 13.9. The van der Waals surface area contributed by atoms with E-state index in [1.165, 1.54) is 6.07 Å². The van der Waals surface area contributed by atoms with Gasteiger partial charge in [0, 0.05) is 26.2 Å². The SMILES string of the molecule is O=C(O)CSCC(=O)N1CCN(C(=O)Cc2ccccc2F)CC1. The number of aliphatic carboxylic acids is 1. The number of thioether (sulfide) groups is 1. The second kappa shape index (κ2) is 8.68. The van der Waals surface area contributed by atoms with Crippen molar-refractivity contribution in [3.63, 3.8) is 0 Å². The average Bonchev–Trinajstić information content (AvgIpc) is 2.56. The first kappa shape index (κ1) is 18.3. The molecule has 0 aromatic heterocycles. The molecule has 24 heavy (non-hydrogen) atoms. The fourth-order valence-corrected chi connectivity index (χ4v) is 3.07. The van der Waals surface area contributed by atoms with Crippen LogP contribution in [0.3, 0.4) is 0 Å². The molecule has 0 unspecified atom stereocenters. The summed E-state index contributed by atoms with van der Waals surface area (Å²) in [5.74, 6) is -1.61. The highest BCUT2D eigenvalue weighted by Crippen LogP contribution is 2.11. The number of hydrogen-bond donors (Lipinski definition) is 1. The van der Waals surface area contributed by atoms with E-state index in [2.05, 4.69) is 0 Å². The summed E-state index contributed by atoms with van der Waals surface area (Å²) >= 11 is 1.06. The molecular formula is C16H19FN2O4S. The Bertz CT molecular complexity index is 618. The number of hydrogen-bond acceptors (Lipinski definition) is 4. The Morgan fingerprint density at radius 3 is 2.17 bits per heavy atom. The van der Waals surface area contributed by atoms with Crippen LogP contribution in [0.5, 0.6) is 0 Å². The Morgan fingerprint density at radius 1 is 1.00 bits per heavy atom. The summed E-state index contributed by atoms with van der Waals surface area (Å²) < 4.78 is 13.6. The number of carbonyl (C=O) groups is 3. The van der Waals surface area contributed by atoms with Gasteiger partial charge < -0.3 is 14.9 Å². The van der Waals surface area contributed by atoms with Crippen molar-refractivity contribution in [2.45, 2.75) is 6.42 Å². The van der Waals surface area contributed by atoms with E-state index >= 15 is 0 Å². The summed E-state index contributed by atoms with van der Waals surface area (Å²) in [6.45, 7) is 1.64. The maximum atomic E-state index is 13.6. The van der Waals surface area contributed by atoms with Crippen molar-refractivity contribution < 1.29 is 23.9 Å². The maximum absolute atomic E-state index is 13.6. The van der Waals surface area contributed by atoms with Gasteiger partial charge in [-0.2, -0.15) is 0 Å². The first-order chi connectivity index (χ1) is 11.5. The van der Waals surface area contributed by atoms with Crippen LogP contribution >= 0.6 is 11.8 Å². The summed E-state index contributed by atoms with van der Waals surface area (Å²) in [4.78, 5) is 37.9. The third-order valence-electron chi connectivity index (χ3n) is 3.74. The molecule has 2 amide bonds. The van der Waals surface area contributed by atoms with Gasteiger partial charge >= 0.3 is 5.97 Å². The standard InChI is InChI=1S/C16H19FN2O4S/c17-13-4-2-1-3-12(13)9-14(20)18-5-7-19(8-6-18)15(21)10-24-11-16(22)23/h1-4H,5-11H2,(H,22,23). The van der Waals surface area contributed by atoms with Gasteiger partial charge in [-0.15, -0.1) is 11.8 Å². The molecule has 0 saturated carbocycles. The normalized spacial score (nSPS) is 14.5. The molecule has 1 aromatic rings. The molecule has 0 radical (unpaired) electrons. The molecule has 1 N–H and O–H groups in total. The van der Waals surface area contributed by atoms with Crippen molar-refractivity contribution in [2.24, 2.45) is 0 Å². The van der Waals surface area contributed by atoms with Crippen molar-refractivity contribution in [2.75, 3.05) is 37.7 Å². The van der Waals surface area contributed by atoms with Crippen LogP contribution in [0.25, 0.3) is 0 Å². The molecule has 0 bridgehead atoms. The van der Waals surface area contributed by atoms with E-state index in [-0.39, 0.29) is 29.7 Å². The van der Waals surface area contributed by atoms with Gasteiger partial charge in [0.1, 0.15) is 5.82 Å². The predicted octanol–water partition coefficient (Wildman–Crippen LogP) is 0.857. The lowest BCUT2D eigenvalue weighted by molar-refractivity contribution is -0.137. The minimum absolute atomic E-state index is 0.00901. The van der Waals surface area contributed by atoms with Gasteiger partial charge in [-0.05, 0) is 11.6 Å². The van der Waals surface area contributed by atoms with Crippen LogP contribution in [0.1, 0.15) is 5.56 Å². The summed E-state index contributed by atoms with van der Waals surface area (Å²) in [5.41, 5.74) is 0.367. The van der Waals surface area contributed by atoms with Gasteiger partial charge in [0.2, 0.25) is 11.8 Å². The summed E-state index contributed by atoms with van der Waals surface area (Å²) in [7, 11) is 0. The Balaban J connectivity index is 1.77. The first-order valence-corrected chi connectivity index (χ1v) is 8.71. The number of nitrogens with zero attached hydrogens (tertiary/aromatic N) is 2. The van der Waals surface area contributed by atoms with Crippen LogP contribution in [-0.4, -0.2) is 70.4 Å². The van der Waals surface area contributed by atoms with Gasteiger partial charge in [-0.25, -0.2) is 4.39 Å². The summed E-state index contributed by atoms with van der Waals surface area (Å²) in [6, 6.07) is 6.19. The van der Waals surface area contributed by atoms with Crippen LogP contribution < -0.4 is 0 Å². The number of halogens is 1. The molecular weight excluding hydrogens is 335 g/mol. The lowest BCUT2D eigenvalue weighted by atomic mass is 10.1. The fourth-order valence-electron chi connectivity index (χ4n) is 2.44. The van der Waals surface area contributed by atoms with Gasteiger partial charge in [0.15, 0.2) is 0 Å². The number of piperazine rings is 1. The van der Waals surface area contributed by atoms with E-state index < -0.39 is 11.8 Å². The maximum Gasteiger partial charge on any atom is 0.313 e. The van der Waals surface area contributed by atoms with E-state index in [0.717, 1.165) is 11.8 Å². The van der Waals surface area contributed by atoms with Crippen molar-refractivity contribution in [3.05, 3.63) is 35.6 Å². The lowest BCUT2D eigenvalue weighted by Crippen LogP contribution is -2.51. The molecule has 1 aliphatic rings. The van der Waals surface area contributed by atoms with Gasteiger partial charge in [0.25, 0.3) is 0 Å². The quantitative estimate of drug-likeness (QED) is 0.820. The lowest BCUT2D eigenvalue weighted by Gasteiger charge is -2.34. The van der Waals surface area contributed by atoms with Crippen LogP contribution in [0.4, 0.5) is 4.39 Å². The summed E-state index contributed by atoms with van der Waals surface area (Å²) in [5, 5.41) is 8.56. The van der Waals surface area contributed by atoms with Crippen molar-refractivity contribution in [1.82, 2.24) is 9.80 Å². The first-order valence-electron chi connectivity index (χ1n) is 7.56. The van der Waals surface area contributed by atoms with Gasteiger partial charge in [-0.3, -0.25) is 14.4 Å². The number of carboxylic acids is 1. The van der Waals surface area contributed by atoms with Crippen molar-refractivity contribution in [3.8, 4) is 0 Å². The highest BCUT2D eigenvalue weighted by molar-refractivity contribution is 8.00. The van der Waals surface area contributed by atoms with E-state index in [1.807, 2.05) is 0 Å². The summed E-state index contributed by atoms with van der Waals surface area (Å²) in [6.07, 6.45) is 0.00901. The third-order valence-corrected chi connectivity index (χ3v) is 4.64. The predicted molar refractivity (Wildman–Crippen MR) is 88.2 cm³/mol. The molecule has 0 atom stereocenters. The number of carboxylic acid groups (broad SMARTS) is 1. The Morgan fingerprint density at radius 2 is 1.58 bits per heavy atom. The molecule has 1 aliphatic heterocycles. The molecule has 130 valence electrons. The minimum atomic E-state index is -0.948. The second-order valence-electron chi connectivity index (χ2n) is 5.42. The molecule has 0 spiro atoms. The zero-order valence-electron chi connectivity index (χ0n) is 13.1. The molecule has 1 fully saturated rings. The number of carbonyl (C=O) groups excluding carboxylic acids is 2. The van der Waals surface area contributed by atoms with Gasteiger partial charge in [0.05, 0.1) is 17.9 Å². The molecule has 1 aromatic carbocycles. The van der Waals surface area contributed by atoms with Crippen LogP contribution in [0, 0.1) is 5.82 Å². The number of amides is 2. The Kier molecular flexibility index (Phi) is 6.60. The third kappa shape index (κ3) is 5.23. The molecule has 2 rings (SSSR count). The Labute approximate surface area is 143 Å². The fraction of sp³-hybridized carbons (Fsp3) is 0.438. The second-order valence-corrected chi connectivity index (χ2v) is 6.40. The monoisotopic (exact) mass is 354 g/mol. The zero-order chi connectivity index (χ0) is 17.5. The van der Waals surface area contributed by atoms with Crippen LogP contribution in [0.15, 0.2) is 24.3 Å². The molecule has 6 nitrogen and oxygen atoms in total. The van der Waals surface area contributed by atoms with E-state index in [1.54, 1.807) is 28.0 Å². The molecule has 8 heteroatoms. The van der Waals surface area contributed by atoms with Crippen LogP contribution in [0.2, 0.25) is 0 Å². The minimum Gasteiger partial charge on any atom is -0.481 e. The molecule has 0 aliphatic carbocycles. The van der Waals surface area contributed by atoms with E-state index in [9.17, 15) is 18.8 Å². The average molecular weight is 354 g/mol. The Hall–Kier alpha value is -2.09. The van der Waals surface area contributed by atoms with Crippen molar-refractivity contribution in [1.29, 1.82) is 0 Å². The van der Waals surface area contributed by atoms with Gasteiger partial charge in [-0.1, -0.05) is 18.2 Å². The molecule has 1 heterocycles. The topological polar surface area (TPSA) is 77.9 Å². The highest BCUT2D eigenvalue weighted by atomic mass is 32.2. The van der Waals surface area contributed by atoms with E-state index in [0.29, 0.717) is 31.7 Å². The van der Waals surface area contributed by atoms with E-state index in [4.69, 9.17) is 5.11 Å².